The molecule has 1 aliphatic heterocycles. The van der Waals surface area contributed by atoms with Gasteiger partial charge in [-0.15, -0.1) is 0 Å². The highest BCUT2D eigenvalue weighted by Gasteiger charge is 2.20. The molecule has 0 bridgehead atoms. The maximum absolute atomic E-state index is 11.1. The first-order valence-electron chi connectivity index (χ1n) is 6.85. The van der Waals surface area contributed by atoms with Crippen molar-refractivity contribution in [3.8, 4) is 0 Å². The zero-order valence-electron chi connectivity index (χ0n) is 11.5. The van der Waals surface area contributed by atoms with Gasteiger partial charge in [0, 0.05) is 36.3 Å². The third-order valence-electron chi connectivity index (χ3n) is 3.85. The summed E-state index contributed by atoms with van der Waals surface area (Å²) < 4.78 is 0. The van der Waals surface area contributed by atoms with Gasteiger partial charge in [-0.1, -0.05) is 35.9 Å². The van der Waals surface area contributed by atoms with Crippen LogP contribution in [0, 0.1) is 10.1 Å². The van der Waals surface area contributed by atoms with E-state index < -0.39 is 0 Å². The van der Waals surface area contributed by atoms with Crippen LogP contribution in [-0.4, -0.2) is 16.4 Å². The highest BCUT2D eigenvalue weighted by molar-refractivity contribution is 6.30. The minimum Gasteiger partial charge on any atom is -0.294 e. The lowest BCUT2D eigenvalue weighted by molar-refractivity contribution is -0.385. The molecule has 0 N–H and O–H groups in total. The molecule has 0 amide bonds. The highest BCUT2D eigenvalue weighted by atomic mass is 35.5. The second-order valence-electron chi connectivity index (χ2n) is 5.26. The van der Waals surface area contributed by atoms with E-state index in [1.54, 1.807) is 12.1 Å². The molecule has 0 atom stereocenters. The number of nitro benzene ring substituents is 1. The Labute approximate surface area is 128 Å². The van der Waals surface area contributed by atoms with Crippen molar-refractivity contribution in [2.75, 3.05) is 6.54 Å². The summed E-state index contributed by atoms with van der Waals surface area (Å²) in [5.41, 5.74) is 3.49. The summed E-state index contributed by atoms with van der Waals surface area (Å²) in [6, 6.07) is 13.2. The molecule has 108 valence electrons. The molecule has 21 heavy (non-hydrogen) atoms. The summed E-state index contributed by atoms with van der Waals surface area (Å²) in [7, 11) is 0. The van der Waals surface area contributed by atoms with E-state index in [9.17, 15) is 10.1 Å². The van der Waals surface area contributed by atoms with Crippen molar-refractivity contribution in [3.05, 3.63) is 74.3 Å². The van der Waals surface area contributed by atoms with Gasteiger partial charge in [0.2, 0.25) is 0 Å². The standard InChI is InChI=1S/C16H15ClN2O2/c17-15-6-5-14(16(9-15)19(20)21)11-18-8-7-12-3-1-2-4-13(12)10-18/h1-6,9H,7-8,10-11H2. The van der Waals surface area contributed by atoms with Crippen LogP contribution in [0.1, 0.15) is 16.7 Å². The lowest BCUT2D eigenvalue weighted by atomic mass is 9.99. The molecule has 5 heteroatoms. The maximum atomic E-state index is 11.1. The van der Waals surface area contributed by atoms with Gasteiger partial charge in [0.25, 0.3) is 5.69 Å². The molecule has 0 aromatic heterocycles. The molecule has 1 aliphatic rings. The minimum atomic E-state index is -0.362. The van der Waals surface area contributed by atoms with Gasteiger partial charge in [-0.25, -0.2) is 0 Å². The first kappa shape index (κ1) is 14.0. The fourth-order valence-electron chi connectivity index (χ4n) is 2.77. The molecular formula is C16H15ClN2O2. The fourth-order valence-corrected chi connectivity index (χ4v) is 2.94. The van der Waals surface area contributed by atoms with Crippen LogP contribution in [0.25, 0.3) is 0 Å². The molecule has 2 aromatic carbocycles. The van der Waals surface area contributed by atoms with E-state index in [1.807, 2.05) is 6.07 Å². The molecule has 0 saturated heterocycles. The molecule has 4 nitrogen and oxygen atoms in total. The minimum absolute atomic E-state index is 0.0985. The molecule has 2 aromatic rings. The van der Waals surface area contributed by atoms with Crippen molar-refractivity contribution in [2.24, 2.45) is 0 Å². The number of hydrogen-bond acceptors (Lipinski definition) is 3. The lowest BCUT2D eigenvalue weighted by Gasteiger charge is -2.28. The topological polar surface area (TPSA) is 46.4 Å². The molecule has 0 fully saturated rings. The summed E-state index contributed by atoms with van der Waals surface area (Å²) in [6.07, 6.45) is 0.984. The van der Waals surface area contributed by atoms with E-state index in [4.69, 9.17) is 11.6 Å². The van der Waals surface area contributed by atoms with Gasteiger partial charge in [0.1, 0.15) is 0 Å². The van der Waals surface area contributed by atoms with Gasteiger partial charge in [0.05, 0.1) is 4.92 Å². The summed E-state index contributed by atoms with van der Waals surface area (Å²) in [6.45, 7) is 2.31. The number of benzene rings is 2. The van der Waals surface area contributed by atoms with Crippen LogP contribution in [-0.2, 0) is 19.5 Å². The van der Waals surface area contributed by atoms with Crippen LogP contribution in [0.2, 0.25) is 5.02 Å². The smallest absolute Gasteiger partial charge is 0.275 e. The number of halogens is 1. The number of rotatable bonds is 3. The fraction of sp³-hybridized carbons (Fsp3) is 0.250. The van der Waals surface area contributed by atoms with Crippen molar-refractivity contribution in [2.45, 2.75) is 19.5 Å². The third-order valence-corrected chi connectivity index (χ3v) is 4.08. The van der Waals surface area contributed by atoms with Crippen LogP contribution < -0.4 is 0 Å². The van der Waals surface area contributed by atoms with Crippen molar-refractivity contribution >= 4 is 17.3 Å². The third kappa shape index (κ3) is 3.06. The molecule has 0 unspecified atom stereocenters. The molecule has 0 saturated carbocycles. The number of nitrogens with zero attached hydrogens (tertiary/aromatic N) is 2. The van der Waals surface area contributed by atoms with E-state index in [1.165, 1.54) is 17.2 Å². The van der Waals surface area contributed by atoms with Crippen molar-refractivity contribution in [1.82, 2.24) is 4.90 Å². The Morgan fingerprint density at radius 1 is 1.19 bits per heavy atom. The van der Waals surface area contributed by atoms with Crippen LogP contribution in [0.5, 0.6) is 0 Å². The average molecular weight is 303 g/mol. The van der Waals surface area contributed by atoms with Gasteiger partial charge >= 0.3 is 0 Å². The normalized spacial score (nSPS) is 14.7. The van der Waals surface area contributed by atoms with Crippen molar-refractivity contribution in [3.63, 3.8) is 0 Å². The summed E-state index contributed by atoms with van der Waals surface area (Å²) >= 11 is 5.85. The van der Waals surface area contributed by atoms with Crippen LogP contribution in [0.4, 0.5) is 5.69 Å². The molecule has 1 heterocycles. The largest absolute Gasteiger partial charge is 0.294 e. The highest BCUT2D eigenvalue weighted by Crippen LogP contribution is 2.26. The zero-order valence-corrected chi connectivity index (χ0v) is 12.2. The van der Waals surface area contributed by atoms with E-state index in [2.05, 4.69) is 23.1 Å². The van der Waals surface area contributed by atoms with Gasteiger partial charge in [-0.05, 0) is 29.7 Å². The van der Waals surface area contributed by atoms with Crippen LogP contribution >= 0.6 is 11.6 Å². The average Bonchev–Trinajstić information content (AvgIpc) is 2.49. The lowest BCUT2D eigenvalue weighted by Crippen LogP contribution is -2.30. The summed E-state index contributed by atoms with van der Waals surface area (Å²) in [5, 5.41) is 11.5. The first-order valence-corrected chi connectivity index (χ1v) is 7.23. The zero-order chi connectivity index (χ0) is 14.8. The first-order chi connectivity index (χ1) is 10.1. The Morgan fingerprint density at radius 3 is 2.71 bits per heavy atom. The maximum Gasteiger partial charge on any atom is 0.275 e. The molecule has 0 spiro atoms. The number of fused-ring (bicyclic) bond motifs is 1. The van der Waals surface area contributed by atoms with Crippen LogP contribution in [0.15, 0.2) is 42.5 Å². The Bertz CT molecular complexity index is 688. The Kier molecular flexibility index (Phi) is 3.90. The quantitative estimate of drug-likeness (QED) is 0.640. The molecular weight excluding hydrogens is 288 g/mol. The molecule has 3 rings (SSSR count). The predicted octanol–water partition coefficient (Wildman–Crippen LogP) is 3.81. The Balaban J connectivity index is 1.81. The molecule has 0 aliphatic carbocycles. The number of hydrogen-bond donors (Lipinski definition) is 0. The van der Waals surface area contributed by atoms with Crippen LogP contribution in [0.3, 0.4) is 0 Å². The SMILES string of the molecule is O=[N+]([O-])c1cc(Cl)ccc1CN1CCc2ccccc2C1. The Hall–Kier alpha value is -1.91. The van der Waals surface area contributed by atoms with Gasteiger partial charge in [0.15, 0.2) is 0 Å². The van der Waals surface area contributed by atoms with Crippen molar-refractivity contribution in [1.29, 1.82) is 0 Å². The van der Waals surface area contributed by atoms with E-state index >= 15 is 0 Å². The van der Waals surface area contributed by atoms with Gasteiger partial charge in [-0.2, -0.15) is 0 Å². The summed E-state index contributed by atoms with van der Waals surface area (Å²) in [5.74, 6) is 0. The van der Waals surface area contributed by atoms with Gasteiger partial charge < -0.3 is 0 Å². The van der Waals surface area contributed by atoms with Gasteiger partial charge in [-0.3, -0.25) is 15.0 Å². The predicted molar refractivity (Wildman–Crippen MR) is 82.4 cm³/mol. The Morgan fingerprint density at radius 2 is 1.95 bits per heavy atom. The monoisotopic (exact) mass is 302 g/mol. The second-order valence-corrected chi connectivity index (χ2v) is 5.70. The van der Waals surface area contributed by atoms with E-state index in [0.717, 1.165) is 19.5 Å². The second kappa shape index (κ2) is 5.84. The molecule has 0 radical (unpaired) electrons. The summed E-state index contributed by atoms with van der Waals surface area (Å²) in [4.78, 5) is 13.0. The van der Waals surface area contributed by atoms with E-state index in [0.29, 0.717) is 17.1 Å². The van der Waals surface area contributed by atoms with E-state index in [-0.39, 0.29) is 10.6 Å². The number of nitro groups is 1. The van der Waals surface area contributed by atoms with Crippen molar-refractivity contribution < 1.29 is 4.92 Å².